The van der Waals surface area contributed by atoms with Gasteiger partial charge in [0, 0.05) is 5.56 Å². The minimum absolute atomic E-state index is 0.139. The summed E-state index contributed by atoms with van der Waals surface area (Å²) >= 11 is 0. The first kappa shape index (κ1) is 25.7. The number of aryl methyl sites for hydroxylation is 1. The van der Waals surface area contributed by atoms with Crippen molar-refractivity contribution in [3.63, 3.8) is 0 Å². The molecule has 0 aliphatic rings. The first-order valence-corrected chi connectivity index (χ1v) is 11.4. The van der Waals surface area contributed by atoms with Crippen LogP contribution in [0, 0.1) is 12.8 Å². The van der Waals surface area contributed by atoms with E-state index in [1.54, 1.807) is 12.1 Å². The number of carbonyl (C=O) groups is 2. The van der Waals surface area contributed by atoms with Crippen molar-refractivity contribution in [2.24, 2.45) is 5.92 Å². The molecule has 0 saturated heterocycles. The lowest BCUT2D eigenvalue weighted by molar-refractivity contribution is -0.142. The van der Waals surface area contributed by atoms with E-state index in [1.807, 2.05) is 64.1 Å². The molecule has 2 aromatic carbocycles. The minimum atomic E-state index is -0.571. The summed E-state index contributed by atoms with van der Waals surface area (Å²) in [6, 6.07) is 14.6. The molecule has 0 aliphatic carbocycles. The third kappa shape index (κ3) is 7.30. The average molecular weight is 482 g/mol. The van der Waals surface area contributed by atoms with E-state index in [0.29, 0.717) is 17.5 Å². The average Bonchev–Trinajstić information content (AvgIpc) is 3.33. The Morgan fingerprint density at radius 1 is 1.03 bits per heavy atom. The van der Waals surface area contributed by atoms with E-state index in [-0.39, 0.29) is 25.7 Å². The van der Waals surface area contributed by atoms with Crippen molar-refractivity contribution < 1.29 is 28.3 Å². The number of aromatic nitrogens is 2. The molecule has 9 heteroatoms. The van der Waals surface area contributed by atoms with Gasteiger partial charge in [-0.3, -0.25) is 9.69 Å². The molecule has 1 aromatic heterocycles. The molecule has 1 heterocycles. The SMILES string of the molecule is COC(=O)CN(C(=O)OCC(C)C)[C@@H](C)c1ccc(OCc2noc(-c3ccc(C)cc3)n2)cc1. The fourth-order valence-electron chi connectivity index (χ4n) is 3.18. The fraction of sp³-hybridized carbons (Fsp3) is 0.385. The minimum Gasteiger partial charge on any atom is -0.485 e. The first-order valence-electron chi connectivity index (χ1n) is 11.4. The Hall–Kier alpha value is -3.88. The monoisotopic (exact) mass is 481 g/mol. The van der Waals surface area contributed by atoms with Crippen LogP contribution in [0.3, 0.4) is 0 Å². The van der Waals surface area contributed by atoms with E-state index in [1.165, 1.54) is 12.0 Å². The molecule has 1 amide bonds. The van der Waals surface area contributed by atoms with Crippen LogP contribution in [0.1, 0.15) is 43.8 Å². The van der Waals surface area contributed by atoms with Gasteiger partial charge in [-0.15, -0.1) is 0 Å². The van der Waals surface area contributed by atoms with Gasteiger partial charge in [-0.2, -0.15) is 4.98 Å². The predicted octanol–water partition coefficient (Wildman–Crippen LogP) is 4.95. The summed E-state index contributed by atoms with van der Waals surface area (Å²) in [5, 5.41) is 3.97. The van der Waals surface area contributed by atoms with Crippen LogP contribution in [0.15, 0.2) is 53.1 Å². The van der Waals surface area contributed by atoms with Crippen LogP contribution in [-0.2, 0) is 20.9 Å². The van der Waals surface area contributed by atoms with Gasteiger partial charge >= 0.3 is 12.1 Å². The Morgan fingerprint density at radius 2 is 1.71 bits per heavy atom. The number of esters is 1. The second-order valence-corrected chi connectivity index (χ2v) is 8.59. The molecular formula is C26H31N3O6. The number of carbonyl (C=O) groups excluding carboxylic acids is 2. The van der Waals surface area contributed by atoms with Crippen molar-refractivity contribution in [3.05, 3.63) is 65.5 Å². The lowest BCUT2D eigenvalue weighted by Crippen LogP contribution is -2.39. The number of hydrogen-bond acceptors (Lipinski definition) is 8. The standard InChI is InChI=1S/C26H31N3O6/c1-17(2)15-34-26(31)29(14-24(30)32-5)19(4)20-10-12-22(13-11-20)33-16-23-27-25(35-28-23)21-8-6-18(3)7-9-21/h6-13,17,19H,14-16H2,1-5H3/t19-/m0/s1. The molecule has 9 nitrogen and oxygen atoms in total. The highest BCUT2D eigenvalue weighted by atomic mass is 16.6. The van der Waals surface area contributed by atoms with Crippen molar-refractivity contribution in [1.29, 1.82) is 0 Å². The zero-order valence-corrected chi connectivity index (χ0v) is 20.7. The topological polar surface area (TPSA) is 104 Å². The van der Waals surface area contributed by atoms with Crippen molar-refractivity contribution in [3.8, 4) is 17.2 Å². The second-order valence-electron chi connectivity index (χ2n) is 8.59. The molecule has 0 fully saturated rings. The molecule has 0 bridgehead atoms. The number of hydrogen-bond donors (Lipinski definition) is 0. The highest BCUT2D eigenvalue weighted by Gasteiger charge is 2.26. The van der Waals surface area contributed by atoms with E-state index in [4.69, 9.17) is 18.7 Å². The Kier molecular flexibility index (Phi) is 8.83. The zero-order chi connectivity index (χ0) is 25.4. The summed E-state index contributed by atoms with van der Waals surface area (Å²) in [5.41, 5.74) is 2.80. The van der Waals surface area contributed by atoms with Crippen molar-refractivity contribution in [2.45, 2.75) is 40.3 Å². The van der Waals surface area contributed by atoms with E-state index in [2.05, 4.69) is 10.1 Å². The Bertz CT molecular complexity index is 1110. The maximum atomic E-state index is 12.6. The molecule has 0 spiro atoms. The lowest BCUT2D eigenvalue weighted by Gasteiger charge is -2.28. The summed E-state index contributed by atoms with van der Waals surface area (Å²) in [6.07, 6.45) is -0.571. The maximum Gasteiger partial charge on any atom is 0.410 e. The third-order valence-corrected chi connectivity index (χ3v) is 5.27. The summed E-state index contributed by atoms with van der Waals surface area (Å²) in [4.78, 5) is 30.2. The van der Waals surface area contributed by atoms with Gasteiger partial charge in [0.1, 0.15) is 12.3 Å². The molecular weight excluding hydrogens is 450 g/mol. The number of ether oxygens (including phenoxy) is 3. The number of benzene rings is 2. The van der Waals surface area contributed by atoms with Crippen LogP contribution in [0.25, 0.3) is 11.5 Å². The van der Waals surface area contributed by atoms with Crippen LogP contribution in [-0.4, -0.2) is 47.4 Å². The largest absolute Gasteiger partial charge is 0.485 e. The normalized spacial score (nSPS) is 11.7. The Labute approximate surface area is 205 Å². The number of methoxy groups -OCH3 is 1. The highest BCUT2D eigenvalue weighted by Crippen LogP contribution is 2.24. The Morgan fingerprint density at radius 3 is 2.34 bits per heavy atom. The van der Waals surface area contributed by atoms with E-state index >= 15 is 0 Å². The van der Waals surface area contributed by atoms with Crippen LogP contribution < -0.4 is 4.74 Å². The number of amides is 1. The Balaban J connectivity index is 1.62. The van der Waals surface area contributed by atoms with Gasteiger partial charge in [0.25, 0.3) is 5.89 Å². The summed E-state index contributed by atoms with van der Waals surface area (Å²) < 4.78 is 21.2. The van der Waals surface area contributed by atoms with Gasteiger partial charge in [0.2, 0.25) is 5.82 Å². The molecule has 0 unspecified atom stereocenters. The second kappa shape index (κ2) is 12.0. The third-order valence-electron chi connectivity index (χ3n) is 5.27. The van der Waals surface area contributed by atoms with Gasteiger partial charge in [-0.25, -0.2) is 4.79 Å². The van der Waals surface area contributed by atoms with Crippen LogP contribution in [0.2, 0.25) is 0 Å². The maximum absolute atomic E-state index is 12.6. The summed E-state index contributed by atoms with van der Waals surface area (Å²) in [7, 11) is 1.28. The first-order chi connectivity index (χ1) is 16.8. The lowest BCUT2D eigenvalue weighted by atomic mass is 10.1. The van der Waals surface area contributed by atoms with Gasteiger partial charge in [0.05, 0.1) is 19.8 Å². The summed E-state index contributed by atoms with van der Waals surface area (Å²) in [6.45, 7) is 7.90. The van der Waals surface area contributed by atoms with Crippen molar-refractivity contribution >= 4 is 12.1 Å². The molecule has 0 aliphatic heterocycles. The summed E-state index contributed by atoms with van der Waals surface area (Å²) in [5.74, 6) is 1.11. The molecule has 1 atom stereocenters. The molecule has 3 aromatic rings. The van der Waals surface area contributed by atoms with Crippen LogP contribution >= 0.6 is 0 Å². The molecule has 186 valence electrons. The zero-order valence-electron chi connectivity index (χ0n) is 20.7. The van der Waals surface area contributed by atoms with Gasteiger partial charge < -0.3 is 18.7 Å². The fourth-order valence-corrected chi connectivity index (χ4v) is 3.18. The molecule has 3 rings (SSSR count). The highest BCUT2D eigenvalue weighted by molar-refractivity contribution is 5.78. The van der Waals surface area contributed by atoms with Crippen molar-refractivity contribution in [2.75, 3.05) is 20.3 Å². The molecule has 35 heavy (non-hydrogen) atoms. The molecule has 0 N–H and O–H groups in total. The van der Waals surface area contributed by atoms with Gasteiger partial charge in [-0.05, 0) is 49.6 Å². The van der Waals surface area contributed by atoms with Crippen LogP contribution in [0.5, 0.6) is 5.75 Å². The molecule has 0 radical (unpaired) electrons. The van der Waals surface area contributed by atoms with Crippen molar-refractivity contribution in [1.82, 2.24) is 15.0 Å². The van der Waals surface area contributed by atoms with E-state index in [0.717, 1.165) is 16.7 Å². The van der Waals surface area contributed by atoms with Crippen LogP contribution in [0.4, 0.5) is 4.79 Å². The van der Waals surface area contributed by atoms with Gasteiger partial charge in [0.15, 0.2) is 6.61 Å². The van der Waals surface area contributed by atoms with Gasteiger partial charge in [-0.1, -0.05) is 48.8 Å². The molecule has 0 saturated carbocycles. The van der Waals surface area contributed by atoms with E-state index in [9.17, 15) is 9.59 Å². The smallest absolute Gasteiger partial charge is 0.410 e. The number of nitrogens with zero attached hydrogens (tertiary/aromatic N) is 3. The van der Waals surface area contributed by atoms with E-state index < -0.39 is 18.1 Å². The quantitative estimate of drug-likeness (QED) is 0.375. The number of rotatable bonds is 10. The predicted molar refractivity (Wildman–Crippen MR) is 129 cm³/mol.